The first-order valence-corrected chi connectivity index (χ1v) is 10.6. The number of aromatic nitrogens is 4. The molecule has 152 valence electrons. The number of nitrogens with zero attached hydrogens (tertiary/aromatic N) is 4. The van der Waals surface area contributed by atoms with Crippen molar-refractivity contribution >= 4 is 32.9 Å². The molecule has 0 aliphatic carbocycles. The molecule has 3 N–H and O–H groups in total. The van der Waals surface area contributed by atoms with Gasteiger partial charge in [0.1, 0.15) is 23.1 Å². The highest BCUT2D eigenvalue weighted by molar-refractivity contribution is 7.91. The zero-order chi connectivity index (χ0) is 20.6. The van der Waals surface area contributed by atoms with E-state index >= 15 is 0 Å². The minimum absolute atomic E-state index is 0.0106. The number of hydrogen-bond donors (Lipinski definition) is 2. The van der Waals surface area contributed by atoms with Crippen molar-refractivity contribution in [3.05, 3.63) is 42.2 Å². The lowest BCUT2D eigenvalue weighted by atomic mass is 10.2. The Kier molecular flexibility index (Phi) is 4.78. The van der Waals surface area contributed by atoms with Crippen LogP contribution in [0.3, 0.4) is 0 Å². The number of pyridine rings is 1. The topological polar surface area (TPSA) is 142 Å². The SMILES string of the molecule is Nc1nn2cc(F)cnc2c1C(=O)Nc1cnccc1OC1CCS(=O)(=O)CC1. The molecule has 4 heterocycles. The number of carbonyl (C=O) groups is 1. The van der Waals surface area contributed by atoms with Gasteiger partial charge < -0.3 is 15.8 Å². The van der Waals surface area contributed by atoms with Gasteiger partial charge in [-0.25, -0.2) is 22.3 Å². The van der Waals surface area contributed by atoms with Crippen LogP contribution in [0, 0.1) is 5.82 Å². The Labute approximate surface area is 164 Å². The summed E-state index contributed by atoms with van der Waals surface area (Å²) in [4.78, 5) is 20.6. The molecule has 29 heavy (non-hydrogen) atoms. The van der Waals surface area contributed by atoms with Gasteiger partial charge in [-0.1, -0.05) is 0 Å². The highest BCUT2D eigenvalue weighted by Crippen LogP contribution is 2.28. The van der Waals surface area contributed by atoms with Crippen molar-refractivity contribution in [2.45, 2.75) is 18.9 Å². The fraction of sp³-hybridized carbons (Fsp3) is 0.294. The molecule has 10 nitrogen and oxygen atoms in total. The molecular formula is C17H17FN6O4S. The molecule has 1 amide bonds. The summed E-state index contributed by atoms with van der Waals surface area (Å²) >= 11 is 0. The lowest BCUT2D eigenvalue weighted by Crippen LogP contribution is -2.31. The van der Waals surface area contributed by atoms with E-state index in [-0.39, 0.29) is 40.3 Å². The predicted octanol–water partition coefficient (Wildman–Crippen LogP) is 1.05. The maximum absolute atomic E-state index is 13.3. The van der Waals surface area contributed by atoms with Crippen molar-refractivity contribution in [2.24, 2.45) is 0 Å². The van der Waals surface area contributed by atoms with Gasteiger partial charge in [-0.05, 0) is 12.8 Å². The second kappa shape index (κ2) is 7.28. The van der Waals surface area contributed by atoms with Gasteiger partial charge >= 0.3 is 0 Å². The predicted molar refractivity (Wildman–Crippen MR) is 102 cm³/mol. The molecule has 1 aliphatic rings. The summed E-state index contributed by atoms with van der Waals surface area (Å²) in [6.07, 6.45) is 5.38. The van der Waals surface area contributed by atoms with E-state index in [2.05, 4.69) is 20.4 Å². The smallest absolute Gasteiger partial charge is 0.263 e. The summed E-state index contributed by atoms with van der Waals surface area (Å²) in [7, 11) is -3.01. The van der Waals surface area contributed by atoms with E-state index in [0.717, 1.165) is 16.9 Å². The molecular weight excluding hydrogens is 403 g/mol. The number of nitrogens with two attached hydrogens (primary N) is 1. The number of amides is 1. The van der Waals surface area contributed by atoms with Crippen molar-refractivity contribution in [1.29, 1.82) is 0 Å². The molecule has 0 aromatic carbocycles. The number of nitrogen functional groups attached to an aromatic ring is 1. The number of sulfone groups is 1. The molecule has 0 saturated carbocycles. The minimum Gasteiger partial charge on any atom is -0.488 e. The number of rotatable bonds is 4. The molecule has 1 saturated heterocycles. The number of halogens is 1. The van der Waals surface area contributed by atoms with Crippen molar-refractivity contribution < 1.29 is 22.3 Å². The maximum Gasteiger partial charge on any atom is 0.263 e. The monoisotopic (exact) mass is 420 g/mol. The Morgan fingerprint density at radius 1 is 1.31 bits per heavy atom. The van der Waals surface area contributed by atoms with E-state index in [1.54, 1.807) is 6.07 Å². The highest BCUT2D eigenvalue weighted by Gasteiger charge is 2.26. The van der Waals surface area contributed by atoms with E-state index in [9.17, 15) is 17.6 Å². The summed E-state index contributed by atoms with van der Waals surface area (Å²) < 4.78 is 43.5. The lowest BCUT2D eigenvalue weighted by Gasteiger charge is -2.24. The average Bonchev–Trinajstić information content (AvgIpc) is 2.99. The van der Waals surface area contributed by atoms with Gasteiger partial charge in [0.25, 0.3) is 5.91 Å². The van der Waals surface area contributed by atoms with Crippen molar-refractivity contribution in [1.82, 2.24) is 19.6 Å². The summed E-state index contributed by atoms with van der Waals surface area (Å²) in [5, 5.41) is 6.55. The molecule has 0 unspecified atom stereocenters. The van der Waals surface area contributed by atoms with Crippen LogP contribution in [0.1, 0.15) is 23.2 Å². The minimum atomic E-state index is -3.01. The normalized spacial score (nSPS) is 16.6. The van der Waals surface area contributed by atoms with Gasteiger partial charge in [0.2, 0.25) is 0 Å². The van der Waals surface area contributed by atoms with Gasteiger partial charge in [0.15, 0.2) is 27.1 Å². The number of hydrogen-bond acceptors (Lipinski definition) is 8. The maximum atomic E-state index is 13.3. The third-order valence-electron chi connectivity index (χ3n) is 4.52. The van der Waals surface area contributed by atoms with Crippen LogP contribution in [-0.2, 0) is 9.84 Å². The fourth-order valence-electron chi connectivity index (χ4n) is 3.08. The van der Waals surface area contributed by atoms with Crippen LogP contribution >= 0.6 is 0 Å². The van der Waals surface area contributed by atoms with Crippen LogP contribution in [0.15, 0.2) is 30.9 Å². The Morgan fingerprint density at radius 2 is 2.07 bits per heavy atom. The van der Waals surface area contributed by atoms with Crippen LogP contribution in [0.2, 0.25) is 0 Å². The molecule has 0 atom stereocenters. The highest BCUT2D eigenvalue weighted by atomic mass is 32.2. The number of anilines is 2. The Bertz CT molecular complexity index is 1180. The van der Waals surface area contributed by atoms with Crippen LogP contribution < -0.4 is 15.8 Å². The second-order valence-electron chi connectivity index (χ2n) is 6.60. The first kappa shape index (κ1) is 19.1. The molecule has 12 heteroatoms. The molecule has 4 rings (SSSR count). The first-order chi connectivity index (χ1) is 13.8. The van der Waals surface area contributed by atoms with E-state index in [4.69, 9.17) is 10.5 Å². The van der Waals surface area contributed by atoms with Gasteiger partial charge in [-0.2, -0.15) is 0 Å². The van der Waals surface area contributed by atoms with Gasteiger partial charge in [0, 0.05) is 12.3 Å². The van der Waals surface area contributed by atoms with Gasteiger partial charge in [-0.15, -0.1) is 5.10 Å². The van der Waals surface area contributed by atoms with E-state index in [1.807, 2.05) is 0 Å². The molecule has 1 aliphatic heterocycles. The molecule has 0 bridgehead atoms. The van der Waals surface area contributed by atoms with Gasteiger partial charge in [-0.3, -0.25) is 9.78 Å². The lowest BCUT2D eigenvalue weighted by molar-refractivity contribution is 0.102. The van der Waals surface area contributed by atoms with E-state index < -0.39 is 21.6 Å². The Hall–Kier alpha value is -3.28. The van der Waals surface area contributed by atoms with Crippen LogP contribution in [-0.4, -0.2) is 51.5 Å². The zero-order valence-corrected chi connectivity index (χ0v) is 15.9. The largest absolute Gasteiger partial charge is 0.488 e. The van der Waals surface area contributed by atoms with Crippen molar-refractivity contribution in [3.63, 3.8) is 0 Å². The van der Waals surface area contributed by atoms with E-state index in [0.29, 0.717) is 18.6 Å². The summed E-state index contributed by atoms with van der Waals surface area (Å²) in [6, 6.07) is 1.58. The quantitative estimate of drug-likeness (QED) is 0.638. The Balaban J connectivity index is 1.56. The zero-order valence-electron chi connectivity index (χ0n) is 15.1. The van der Waals surface area contributed by atoms with E-state index in [1.165, 1.54) is 12.4 Å². The average molecular weight is 420 g/mol. The Morgan fingerprint density at radius 3 is 2.83 bits per heavy atom. The summed E-state index contributed by atoms with van der Waals surface area (Å²) in [5.41, 5.74) is 6.19. The number of nitrogens with one attached hydrogen (secondary N) is 1. The standard InChI is InChI=1S/C17H17FN6O4S/c18-10-7-21-16-14(15(19)23-24(16)9-10)17(25)22-12-8-20-4-1-13(12)28-11-2-5-29(26,27)6-3-11/h1,4,7-9,11H,2-3,5-6H2,(H2,19,23)(H,22,25). The molecule has 3 aromatic heterocycles. The van der Waals surface area contributed by atoms with Crippen LogP contribution in [0.4, 0.5) is 15.9 Å². The van der Waals surface area contributed by atoms with Gasteiger partial charge in [0.05, 0.1) is 30.1 Å². The van der Waals surface area contributed by atoms with Crippen LogP contribution in [0.5, 0.6) is 5.75 Å². The number of ether oxygens (including phenoxy) is 1. The molecule has 1 fully saturated rings. The second-order valence-corrected chi connectivity index (χ2v) is 8.90. The number of carbonyl (C=O) groups excluding carboxylic acids is 1. The fourth-order valence-corrected chi connectivity index (χ4v) is 4.52. The van der Waals surface area contributed by atoms with Crippen molar-refractivity contribution in [3.8, 4) is 5.75 Å². The molecule has 3 aromatic rings. The van der Waals surface area contributed by atoms with Crippen LogP contribution in [0.25, 0.3) is 5.65 Å². The summed E-state index contributed by atoms with van der Waals surface area (Å²) in [5.74, 6) is -0.863. The first-order valence-electron chi connectivity index (χ1n) is 8.74. The third-order valence-corrected chi connectivity index (χ3v) is 6.24. The molecule has 0 radical (unpaired) electrons. The molecule has 0 spiro atoms. The third kappa shape index (κ3) is 3.97. The summed E-state index contributed by atoms with van der Waals surface area (Å²) in [6.45, 7) is 0. The number of fused-ring (bicyclic) bond motifs is 1. The van der Waals surface area contributed by atoms with Crippen molar-refractivity contribution in [2.75, 3.05) is 22.6 Å².